The Balaban J connectivity index is 2.68. The second-order valence-electron chi connectivity index (χ2n) is 20.5. The van der Waals surface area contributed by atoms with E-state index in [1.165, 1.54) is 24.6 Å². The first-order valence-corrected chi connectivity index (χ1v) is 29.6. The van der Waals surface area contributed by atoms with Gasteiger partial charge in [-0.3, -0.25) is 47.9 Å². The molecule has 80 heavy (non-hydrogen) atoms. The number of benzene rings is 1. The van der Waals surface area contributed by atoms with Crippen molar-refractivity contribution in [2.24, 2.45) is 40.5 Å². The fourth-order valence-corrected chi connectivity index (χ4v) is 10.4. The lowest BCUT2D eigenvalue weighted by Crippen LogP contribution is -2.62. The molecule has 0 saturated carbocycles. The molecule has 1 fully saturated rings. The van der Waals surface area contributed by atoms with Crippen LogP contribution in [-0.2, 0) is 54.4 Å². The lowest BCUT2D eigenvalue weighted by atomic mass is 10.00. The van der Waals surface area contributed by atoms with E-state index in [0.717, 1.165) is 12.2 Å². The van der Waals surface area contributed by atoms with Crippen molar-refractivity contribution in [2.75, 3.05) is 44.2 Å². The summed E-state index contributed by atoms with van der Waals surface area (Å²) in [5.41, 5.74) is 30.2. The van der Waals surface area contributed by atoms with Crippen LogP contribution in [0.15, 0.2) is 30.3 Å². The molecule has 0 unspecified atom stereocenters. The van der Waals surface area contributed by atoms with Gasteiger partial charge in [-0.05, 0) is 102 Å². The van der Waals surface area contributed by atoms with Crippen LogP contribution in [0.3, 0.4) is 0 Å². The molecule has 2 rings (SSSR count). The van der Waals surface area contributed by atoms with Crippen LogP contribution >= 0.6 is 21.6 Å². The third-order valence-corrected chi connectivity index (χ3v) is 15.0. The number of nitrogens with one attached hydrogen (secondary N) is 10. The van der Waals surface area contributed by atoms with E-state index in [4.69, 9.17) is 28.7 Å². The van der Waals surface area contributed by atoms with Gasteiger partial charge in [-0.25, -0.2) is 0 Å². The fourth-order valence-electron chi connectivity index (χ4n) is 7.98. The summed E-state index contributed by atoms with van der Waals surface area (Å²) in [4.78, 5) is 140. The molecule has 1 saturated heterocycles. The summed E-state index contributed by atoms with van der Waals surface area (Å²) in [6, 6.07) is -5.78. The molecule has 0 radical (unpaired) electrons. The van der Waals surface area contributed by atoms with Gasteiger partial charge in [0.1, 0.15) is 54.4 Å². The zero-order chi connectivity index (χ0) is 60.1. The molecule has 12 atom stereocenters. The van der Waals surface area contributed by atoms with Crippen LogP contribution in [-0.4, -0.2) is 186 Å². The average molecular weight is 1170 g/mol. The Morgan fingerprint density at radius 2 is 1.11 bits per heavy atom. The van der Waals surface area contributed by atoms with Crippen molar-refractivity contribution in [1.29, 1.82) is 0 Å². The lowest BCUT2D eigenvalue weighted by Gasteiger charge is -2.28. The third-order valence-electron chi connectivity index (χ3n) is 12.5. The summed E-state index contributed by atoms with van der Waals surface area (Å²) in [7, 11) is 2.92. The molecule has 29 heteroatoms. The van der Waals surface area contributed by atoms with Gasteiger partial charge in [0.15, 0.2) is 0 Å². The number of carbonyl (C=O) groups is 10. The van der Waals surface area contributed by atoms with Gasteiger partial charge in [0.2, 0.25) is 59.1 Å². The Hall–Kier alpha value is -5.66. The van der Waals surface area contributed by atoms with Crippen molar-refractivity contribution >= 4 is 80.7 Å². The van der Waals surface area contributed by atoms with Gasteiger partial charge in [-0.2, -0.15) is 0 Å². The Bertz CT molecular complexity index is 2170. The van der Waals surface area contributed by atoms with E-state index in [0.29, 0.717) is 11.5 Å². The van der Waals surface area contributed by atoms with E-state index >= 15 is 0 Å². The van der Waals surface area contributed by atoms with E-state index in [-0.39, 0.29) is 76.4 Å². The van der Waals surface area contributed by atoms with Crippen LogP contribution in [0.1, 0.15) is 92.1 Å². The average Bonchev–Trinajstić information content (AvgIpc) is 3.39. The van der Waals surface area contributed by atoms with Gasteiger partial charge < -0.3 is 92.0 Å². The van der Waals surface area contributed by atoms with E-state index < -0.39 is 145 Å². The Morgan fingerprint density at radius 1 is 0.600 bits per heavy atom. The number of carbonyl (C=O) groups excluding carboxylic acids is 10. The quantitative estimate of drug-likeness (QED) is 0.0305. The first-order chi connectivity index (χ1) is 37.9. The molecule has 0 aliphatic carbocycles. The van der Waals surface area contributed by atoms with Crippen molar-refractivity contribution in [2.45, 2.75) is 166 Å². The Morgan fingerprint density at radius 3 is 1.62 bits per heavy atom. The lowest BCUT2D eigenvalue weighted by molar-refractivity contribution is -0.136. The van der Waals surface area contributed by atoms with Gasteiger partial charge in [0.05, 0.1) is 18.2 Å². The SMILES string of the molecule is CC(C)CCSSC[C@H](N)C(=O)N[C@H](C(=O)N[C@@H](CCN)C(=O)N[C@H]1CCNC(=O)[C@H]([C@@H](C)O)NC(=O)[C@H](CCN)NC(=O)[C@H](CCN)NC(=O)[C@H](CC(C)C)NC(=O)[C@@H](Cc2ccccc2)NC(=O)[C@H](CCN)NC1=O)[C@@H](C)O. The molecule has 1 aromatic rings. The molecule has 1 aromatic carbocycles. The first-order valence-electron chi connectivity index (χ1n) is 27.1. The Kier molecular flexibility index (Phi) is 32.9. The van der Waals surface area contributed by atoms with Crippen LogP contribution in [0.4, 0.5) is 0 Å². The fraction of sp³-hybridized carbons (Fsp3) is 0.686. The topological polar surface area (TPSA) is 462 Å². The monoisotopic (exact) mass is 1170 g/mol. The number of aliphatic hydroxyl groups is 2. The standard InChI is InChI=1S/C51H89N15O12S2/c1-27(2)17-23-79-80-26-32(56)42(69)65-41(30(6)68)51(78)62-35(14-20-54)44(71)61-37-16-22-57-50(77)40(29(5)67)66-47(74)36(15-21-55)59-43(70)33(12-18-52)60-48(75)38(24-28(3)4)63-49(76)39(25-31-10-8-7-9-11-31)64-45(72)34(13-19-53)58-46(37)73/h7-11,27-30,32-41,67-68H,12-26,52-56H2,1-6H3,(H,57,77)(H,58,73)(H,59,70)(H,60,75)(H,61,71)(H,62,78)(H,63,76)(H,64,72)(H,65,69)(H,66,74)/t29-,30-,32+,33+,34+,35+,36+,37+,38+,39-,40+,41+/m1/s1. The number of rotatable bonds is 26. The van der Waals surface area contributed by atoms with E-state index in [1.54, 1.807) is 55.0 Å². The van der Waals surface area contributed by atoms with Crippen molar-refractivity contribution < 1.29 is 58.2 Å². The highest BCUT2D eigenvalue weighted by molar-refractivity contribution is 8.76. The van der Waals surface area contributed by atoms with Crippen LogP contribution in [0, 0.1) is 11.8 Å². The van der Waals surface area contributed by atoms with Gasteiger partial charge in [0.25, 0.3) is 0 Å². The van der Waals surface area contributed by atoms with Crippen molar-refractivity contribution in [3.63, 3.8) is 0 Å². The summed E-state index contributed by atoms with van der Waals surface area (Å²) in [5.74, 6) is -7.70. The van der Waals surface area contributed by atoms with Gasteiger partial charge in [0, 0.05) is 24.5 Å². The summed E-state index contributed by atoms with van der Waals surface area (Å²) < 4.78 is 0. The zero-order valence-corrected chi connectivity index (χ0v) is 48.4. The molecular weight excluding hydrogens is 1080 g/mol. The molecule has 0 aromatic heterocycles. The molecule has 0 spiro atoms. The van der Waals surface area contributed by atoms with Crippen LogP contribution < -0.4 is 81.8 Å². The zero-order valence-electron chi connectivity index (χ0n) is 46.8. The summed E-state index contributed by atoms with van der Waals surface area (Å²) in [6.07, 6.45) is -3.29. The maximum Gasteiger partial charge on any atom is 0.245 e. The largest absolute Gasteiger partial charge is 0.391 e. The molecule has 0 bridgehead atoms. The normalized spacial score (nSPS) is 23.3. The molecule has 1 heterocycles. The summed E-state index contributed by atoms with van der Waals surface area (Å²) in [6.45, 7) is 9.16. The smallest absolute Gasteiger partial charge is 0.245 e. The van der Waals surface area contributed by atoms with Crippen LogP contribution in [0.25, 0.3) is 0 Å². The van der Waals surface area contributed by atoms with Crippen molar-refractivity contribution in [3.8, 4) is 0 Å². The molecule has 1 aliphatic rings. The predicted octanol–water partition coefficient (Wildman–Crippen LogP) is -4.93. The molecule has 27 nitrogen and oxygen atoms in total. The number of hydrogen-bond acceptors (Lipinski definition) is 19. The van der Waals surface area contributed by atoms with Crippen molar-refractivity contribution in [3.05, 3.63) is 35.9 Å². The number of hydrogen-bond donors (Lipinski definition) is 17. The highest BCUT2D eigenvalue weighted by Gasteiger charge is 2.37. The minimum atomic E-state index is -1.67. The third kappa shape index (κ3) is 25.4. The number of nitrogens with two attached hydrogens (primary N) is 5. The highest BCUT2D eigenvalue weighted by Crippen LogP contribution is 2.24. The maximum absolute atomic E-state index is 14.5. The summed E-state index contributed by atoms with van der Waals surface area (Å²) in [5, 5.41) is 46.9. The van der Waals surface area contributed by atoms with E-state index in [9.17, 15) is 58.2 Å². The number of aliphatic hydroxyl groups excluding tert-OH is 2. The summed E-state index contributed by atoms with van der Waals surface area (Å²) >= 11 is 0. The van der Waals surface area contributed by atoms with Gasteiger partial charge in [-0.1, -0.05) is 79.6 Å². The second-order valence-corrected chi connectivity index (χ2v) is 23.1. The maximum atomic E-state index is 14.5. The Labute approximate surface area is 476 Å². The molecule has 10 amide bonds. The van der Waals surface area contributed by atoms with Gasteiger partial charge >= 0.3 is 0 Å². The molecule has 1 aliphatic heterocycles. The van der Waals surface area contributed by atoms with Crippen LogP contribution in [0.5, 0.6) is 0 Å². The second kappa shape index (κ2) is 37.4. The molecule has 22 N–H and O–H groups in total. The minimum Gasteiger partial charge on any atom is -0.391 e. The van der Waals surface area contributed by atoms with E-state index in [2.05, 4.69) is 67.0 Å². The molecular formula is C51H89N15O12S2. The predicted molar refractivity (Wildman–Crippen MR) is 305 cm³/mol. The minimum absolute atomic E-state index is 0.0558. The number of amides is 10. The highest BCUT2D eigenvalue weighted by atomic mass is 33.1. The first kappa shape index (κ1) is 70.4. The van der Waals surface area contributed by atoms with Gasteiger partial charge in [-0.15, -0.1) is 0 Å². The van der Waals surface area contributed by atoms with Crippen LogP contribution in [0.2, 0.25) is 0 Å². The molecule has 452 valence electrons. The van der Waals surface area contributed by atoms with Crippen molar-refractivity contribution in [1.82, 2.24) is 53.2 Å². The van der Waals surface area contributed by atoms with E-state index in [1.807, 2.05) is 0 Å².